The molecule has 0 unspecified atom stereocenters. The molecule has 2 aromatic rings. The Labute approximate surface area is 154 Å². The van der Waals surface area contributed by atoms with Gasteiger partial charge in [-0.25, -0.2) is 0 Å². The number of ether oxygens (including phenoxy) is 2. The van der Waals surface area contributed by atoms with Crippen LogP contribution in [0.15, 0.2) is 61.2 Å². The van der Waals surface area contributed by atoms with Crippen LogP contribution < -0.4 is 20.1 Å². The number of thiocarbonyl (C=S) groups is 1. The molecule has 0 radical (unpaired) electrons. The van der Waals surface area contributed by atoms with Gasteiger partial charge in [0.1, 0.15) is 24.7 Å². The van der Waals surface area contributed by atoms with Gasteiger partial charge in [-0.15, -0.1) is 0 Å². The standard InChI is InChI=1S/C20H24N2O2S/c1-4-13-23-18-11-9-17(10-12-18)22-20(25)21-16(3)14-24-19-8-6-5-7-15(19)2/h4-12,16H,1,13-14H2,2-3H3,(H2,21,22,25)/t16-/m0/s1. The van der Waals surface area contributed by atoms with Crippen LogP contribution in [0, 0.1) is 6.92 Å². The minimum Gasteiger partial charge on any atom is -0.491 e. The number of para-hydroxylation sites is 1. The lowest BCUT2D eigenvalue weighted by Crippen LogP contribution is -2.39. The first kappa shape index (κ1) is 18.8. The van der Waals surface area contributed by atoms with Gasteiger partial charge >= 0.3 is 0 Å². The van der Waals surface area contributed by atoms with Gasteiger partial charge in [-0.3, -0.25) is 0 Å². The maximum absolute atomic E-state index is 5.83. The molecular weight excluding hydrogens is 332 g/mol. The van der Waals surface area contributed by atoms with E-state index in [0.29, 0.717) is 18.3 Å². The van der Waals surface area contributed by atoms with Crippen LogP contribution in [0.1, 0.15) is 12.5 Å². The van der Waals surface area contributed by atoms with E-state index in [-0.39, 0.29) is 6.04 Å². The van der Waals surface area contributed by atoms with Crippen LogP contribution in [0.25, 0.3) is 0 Å². The normalized spacial score (nSPS) is 11.3. The van der Waals surface area contributed by atoms with E-state index in [1.807, 2.05) is 62.4 Å². The third-order valence-electron chi connectivity index (χ3n) is 3.44. The van der Waals surface area contributed by atoms with Crippen molar-refractivity contribution in [1.82, 2.24) is 5.32 Å². The van der Waals surface area contributed by atoms with Gasteiger partial charge in [-0.1, -0.05) is 30.9 Å². The second-order valence-corrected chi connectivity index (χ2v) is 6.11. The Morgan fingerprint density at radius 2 is 1.88 bits per heavy atom. The van der Waals surface area contributed by atoms with E-state index < -0.39 is 0 Å². The van der Waals surface area contributed by atoms with Crippen molar-refractivity contribution < 1.29 is 9.47 Å². The molecule has 0 saturated heterocycles. The number of aryl methyl sites for hydroxylation is 1. The summed E-state index contributed by atoms with van der Waals surface area (Å²) in [5.74, 6) is 1.69. The fourth-order valence-electron chi connectivity index (χ4n) is 2.16. The van der Waals surface area contributed by atoms with Crippen LogP contribution in [0.2, 0.25) is 0 Å². The summed E-state index contributed by atoms with van der Waals surface area (Å²) in [7, 11) is 0. The van der Waals surface area contributed by atoms with Gasteiger partial charge in [0, 0.05) is 5.69 Å². The molecule has 0 saturated carbocycles. The molecule has 0 aliphatic rings. The molecular formula is C20H24N2O2S. The van der Waals surface area contributed by atoms with Crippen molar-refractivity contribution in [2.75, 3.05) is 18.5 Å². The first-order valence-corrected chi connectivity index (χ1v) is 8.59. The monoisotopic (exact) mass is 356 g/mol. The fourth-order valence-corrected chi connectivity index (χ4v) is 2.47. The smallest absolute Gasteiger partial charge is 0.171 e. The topological polar surface area (TPSA) is 42.5 Å². The van der Waals surface area contributed by atoms with Crippen molar-refractivity contribution in [3.8, 4) is 11.5 Å². The van der Waals surface area contributed by atoms with Crippen molar-refractivity contribution in [3.05, 3.63) is 66.7 Å². The maximum Gasteiger partial charge on any atom is 0.171 e. The number of benzene rings is 2. The molecule has 2 N–H and O–H groups in total. The maximum atomic E-state index is 5.83. The average Bonchev–Trinajstić information content (AvgIpc) is 2.60. The Balaban J connectivity index is 1.77. The van der Waals surface area contributed by atoms with Crippen molar-refractivity contribution in [1.29, 1.82) is 0 Å². The minimum atomic E-state index is 0.0785. The van der Waals surface area contributed by atoms with Crippen molar-refractivity contribution in [3.63, 3.8) is 0 Å². The van der Waals surface area contributed by atoms with Crippen molar-refractivity contribution >= 4 is 23.0 Å². The fraction of sp³-hybridized carbons (Fsp3) is 0.250. The number of rotatable bonds is 8. The van der Waals surface area contributed by atoms with E-state index in [0.717, 1.165) is 22.7 Å². The van der Waals surface area contributed by atoms with Gasteiger partial charge in [0.05, 0.1) is 6.04 Å². The molecule has 2 rings (SSSR count). The van der Waals surface area contributed by atoms with Crippen LogP contribution in [0.4, 0.5) is 5.69 Å². The Morgan fingerprint density at radius 1 is 1.16 bits per heavy atom. The third-order valence-corrected chi connectivity index (χ3v) is 3.66. The predicted octanol–water partition coefficient (Wildman–Crippen LogP) is 4.31. The van der Waals surface area contributed by atoms with E-state index in [4.69, 9.17) is 21.7 Å². The van der Waals surface area contributed by atoms with E-state index >= 15 is 0 Å². The summed E-state index contributed by atoms with van der Waals surface area (Å²) < 4.78 is 11.3. The predicted molar refractivity (Wildman–Crippen MR) is 108 cm³/mol. The summed E-state index contributed by atoms with van der Waals surface area (Å²) >= 11 is 5.35. The van der Waals surface area contributed by atoms with Crippen LogP contribution in [-0.2, 0) is 0 Å². The molecule has 0 aromatic heterocycles. The molecule has 1 atom stereocenters. The summed E-state index contributed by atoms with van der Waals surface area (Å²) in [6.07, 6.45) is 1.71. The number of hydrogen-bond acceptors (Lipinski definition) is 3. The molecule has 5 heteroatoms. The molecule has 25 heavy (non-hydrogen) atoms. The quantitative estimate of drug-likeness (QED) is 0.545. The zero-order chi connectivity index (χ0) is 18.1. The number of anilines is 1. The van der Waals surface area contributed by atoms with Crippen LogP contribution in [0.5, 0.6) is 11.5 Å². The molecule has 4 nitrogen and oxygen atoms in total. The largest absolute Gasteiger partial charge is 0.491 e. The summed E-state index contributed by atoms with van der Waals surface area (Å²) in [6, 6.07) is 15.7. The number of nitrogens with one attached hydrogen (secondary N) is 2. The van der Waals surface area contributed by atoms with E-state index in [1.165, 1.54) is 0 Å². The summed E-state index contributed by atoms with van der Waals surface area (Å²) in [5.41, 5.74) is 2.02. The Hall–Kier alpha value is -2.53. The molecule has 0 amide bonds. The van der Waals surface area contributed by atoms with Crippen LogP contribution in [0.3, 0.4) is 0 Å². The molecule has 132 valence electrons. The van der Waals surface area contributed by atoms with Gasteiger partial charge < -0.3 is 20.1 Å². The zero-order valence-electron chi connectivity index (χ0n) is 14.6. The lowest BCUT2D eigenvalue weighted by atomic mass is 10.2. The van der Waals surface area contributed by atoms with Crippen LogP contribution in [-0.4, -0.2) is 24.4 Å². The lowest BCUT2D eigenvalue weighted by Gasteiger charge is -2.18. The average molecular weight is 356 g/mol. The highest BCUT2D eigenvalue weighted by Crippen LogP contribution is 2.17. The van der Waals surface area contributed by atoms with E-state index in [2.05, 4.69) is 17.2 Å². The lowest BCUT2D eigenvalue weighted by molar-refractivity contribution is 0.285. The first-order valence-electron chi connectivity index (χ1n) is 8.18. The minimum absolute atomic E-state index is 0.0785. The van der Waals surface area contributed by atoms with E-state index in [9.17, 15) is 0 Å². The SMILES string of the molecule is C=CCOc1ccc(NC(=S)N[C@@H](C)COc2ccccc2C)cc1. The summed E-state index contributed by atoms with van der Waals surface area (Å²) in [5, 5.41) is 6.93. The van der Waals surface area contributed by atoms with Gasteiger partial charge in [0.2, 0.25) is 0 Å². The molecule has 0 spiro atoms. The van der Waals surface area contributed by atoms with Crippen LogP contribution >= 0.6 is 12.2 Å². The molecule has 0 heterocycles. The molecule has 0 aliphatic carbocycles. The van der Waals surface area contributed by atoms with Crippen molar-refractivity contribution in [2.24, 2.45) is 0 Å². The Morgan fingerprint density at radius 3 is 2.56 bits per heavy atom. The van der Waals surface area contributed by atoms with E-state index in [1.54, 1.807) is 6.08 Å². The second kappa shape index (κ2) is 9.69. The van der Waals surface area contributed by atoms with Gasteiger partial charge in [-0.2, -0.15) is 0 Å². The van der Waals surface area contributed by atoms with Gasteiger partial charge in [0.15, 0.2) is 5.11 Å². The summed E-state index contributed by atoms with van der Waals surface area (Å²) in [4.78, 5) is 0. The van der Waals surface area contributed by atoms with Crippen molar-refractivity contribution in [2.45, 2.75) is 19.9 Å². The zero-order valence-corrected chi connectivity index (χ0v) is 15.4. The third kappa shape index (κ3) is 6.47. The summed E-state index contributed by atoms with van der Waals surface area (Å²) in [6.45, 7) is 8.70. The molecule has 0 aliphatic heterocycles. The Bertz CT molecular complexity index is 701. The molecule has 0 bridgehead atoms. The van der Waals surface area contributed by atoms with Gasteiger partial charge in [0.25, 0.3) is 0 Å². The molecule has 0 fully saturated rings. The highest BCUT2D eigenvalue weighted by atomic mass is 32.1. The Kier molecular flexibility index (Phi) is 7.29. The number of hydrogen-bond donors (Lipinski definition) is 2. The second-order valence-electron chi connectivity index (χ2n) is 5.70. The molecule has 2 aromatic carbocycles. The highest BCUT2D eigenvalue weighted by Gasteiger charge is 2.07. The van der Waals surface area contributed by atoms with Gasteiger partial charge in [-0.05, 0) is 62.0 Å². The first-order chi connectivity index (χ1) is 12.1. The highest BCUT2D eigenvalue weighted by molar-refractivity contribution is 7.80.